The lowest BCUT2D eigenvalue weighted by Crippen LogP contribution is -2.45. The first-order chi connectivity index (χ1) is 8.02. The van der Waals surface area contributed by atoms with Gasteiger partial charge in [0.05, 0.1) is 0 Å². The molecule has 1 heterocycles. The Morgan fingerprint density at radius 3 is 2.65 bits per heavy atom. The smallest absolute Gasteiger partial charge is 0.478 e. The number of cyclic esters (lactones) is 2. The van der Waals surface area contributed by atoms with Gasteiger partial charge in [0.25, 0.3) is 0 Å². The van der Waals surface area contributed by atoms with Gasteiger partial charge in [-0.2, -0.15) is 0 Å². The van der Waals surface area contributed by atoms with Crippen LogP contribution in [0.3, 0.4) is 0 Å². The average molecular weight is 236 g/mol. The Bertz CT molecular complexity index is 441. The number of hydrogen-bond donors (Lipinski definition) is 1. The molecule has 1 N–H and O–H groups in total. The number of carboxylic acids is 1. The molecule has 1 unspecified atom stereocenters. The van der Waals surface area contributed by atoms with Crippen LogP contribution >= 0.6 is 0 Å². The molecule has 1 aromatic rings. The first-order valence-electron chi connectivity index (χ1n) is 5.19. The topological polar surface area (TPSA) is 72.8 Å². The van der Waals surface area contributed by atoms with Crippen molar-refractivity contribution in [2.45, 2.75) is 25.0 Å². The zero-order valence-corrected chi connectivity index (χ0v) is 9.25. The highest BCUT2D eigenvalue weighted by Gasteiger charge is 2.53. The summed E-state index contributed by atoms with van der Waals surface area (Å²) in [5.41, 5.74) is -0.726. The van der Waals surface area contributed by atoms with Crippen molar-refractivity contribution in [1.82, 2.24) is 0 Å². The van der Waals surface area contributed by atoms with Gasteiger partial charge in [0, 0.05) is 6.42 Å². The summed E-state index contributed by atoms with van der Waals surface area (Å²) in [7, 11) is 0. The van der Waals surface area contributed by atoms with Crippen LogP contribution < -0.4 is 0 Å². The van der Waals surface area contributed by atoms with E-state index in [2.05, 4.69) is 0 Å². The van der Waals surface area contributed by atoms with E-state index in [1.807, 2.05) is 30.3 Å². The summed E-state index contributed by atoms with van der Waals surface area (Å²) in [6.45, 7) is 1.34. The van der Waals surface area contributed by atoms with Crippen LogP contribution in [0.5, 0.6) is 0 Å². The van der Waals surface area contributed by atoms with Crippen LogP contribution in [0.25, 0.3) is 0 Å². The predicted octanol–water partition coefficient (Wildman–Crippen LogP) is 1.61. The standard InChI is InChI=1S/C12H12O5/c1-12(10(13)14)9(16-11(15)17-12)7-8-5-3-2-4-6-8/h2-6,9H,7H2,1H3,(H,13,14)/t9?,12-/m0/s1. The highest BCUT2D eigenvalue weighted by atomic mass is 16.8. The van der Waals surface area contributed by atoms with Gasteiger partial charge < -0.3 is 14.6 Å². The van der Waals surface area contributed by atoms with Gasteiger partial charge in [0.1, 0.15) is 0 Å². The van der Waals surface area contributed by atoms with Crippen molar-refractivity contribution >= 4 is 12.1 Å². The zero-order chi connectivity index (χ0) is 12.5. The van der Waals surface area contributed by atoms with Gasteiger partial charge in [-0.1, -0.05) is 30.3 Å². The second kappa shape index (κ2) is 4.08. The van der Waals surface area contributed by atoms with Crippen LogP contribution in [0, 0.1) is 0 Å². The summed E-state index contributed by atoms with van der Waals surface area (Å²) in [5.74, 6) is -1.20. The first kappa shape index (κ1) is 11.4. The highest BCUT2D eigenvalue weighted by molar-refractivity contribution is 5.83. The van der Waals surface area contributed by atoms with E-state index in [1.54, 1.807) is 0 Å². The SMILES string of the molecule is C[C@]1(C(=O)O)OC(=O)OC1Cc1ccccc1. The van der Waals surface area contributed by atoms with E-state index in [1.165, 1.54) is 6.92 Å². The third-order valence-electron chi connectivity index (χ3n) is 2.84. The van der Waals surface area contributed by atoms with E-state index < -0.39 is 23.8 Å². The number of aliphatic carboxylic acids is 1. The molecule has 0 saturated carbocycles. The molecule has 0 radical (unpaired) electrons. The summed E-state index contributed by atoms with van der Waals surface area (Å²) in [4.78, 5) is 22.2. The Morgan fingerprint density at radius 1 is 1.41 bits per heavy atom. The number of benzene rings is 1. The molecule has 2 rings (SSSR count). The normalized spacial score (nSPS) is 27.4. The highest BCUT2D eigenvalue weighted by Crippen LogP contribution is 2.29. The van der Waals surface area contributed by atoms with Crippen molar-refractivity contribution in [2.24, 2.45) is 0 Å². The van der Waals surface area contributed by atoms with Crippen molar-refractivity contribution in [3.63, 3.8) is 0 Å². The summed E-state index contributed by atoms with van der Waals surface area (Å²) in [6, 6.07) is 9.22. The molecule has 1 saturated heterocycles. The van der Waals surface area contributed by atoms with Crippen LogP contribution in [-0.2, 0) is 20.7 Å². The second-order valence-corrected chi connectivity index (χ2v) is 4.06. The van der Waals surface area contributed by atoms with Gasteiger partial charge in [0.15, 0.2) is 6.10 Å². The minimum atomic E-state index is -1.62. The molecule has 2 atom stereocenters. The maximum atomic E-state index is 11.1. The Hall–Kier alpha value is -2.04. The van der Waals surface area contributed by atoms with Crippen LogP contribution in [0.1, 0.15) is 12.5 Å². The van der Waals surface area contributed by atoms with Crippen molar-refractivity contribution in [1.29, 1.82) is 0 Å². The monoisotopic (exact) mass is 236 g/mol. The van der Waals surface area contributed by atoms with Crippen LogP contribution in [0.2, 0.25) is 0 Å². The molecular weight excluding hydrogens is 224 g/mol. The Morgan fingerprint density at radius 2 is 2.06 bits per heavy atom. The number of carboxylic acid groups (broad SMARTS) is 1. The maximum Gasteiger partial charge on any atom is 0.509 e. The minimum absolute atomic E-state index is 0.315. The quantitative estimate of drug-likeness (QED) is 0.807. The molecule has 90 valence electrons. The molecule has 0 spiro atoms. The third kappa shape index (κ3) is 2.08. The number of carbonyl (C=O) groups is 2. The Labute approximate surface area is 98.0 Å². The molecule has 0 aliphatic carbocycles. The van der Waals surface area contributed by atoms with E-state index in [4.69, 9.17) is 14.6 Å². The molecule has 1 aliphatic rings. The number of carbonyl (C=O) groups excluding carboxylic acids is 1. The minimum Gasteiger partial charge on any atom is -0.478 e. The maximum absolute atomic E-state index is 11.1. The molecular formula is C12H12O5. The van der Waals surface area contributed by atoms with E-state index in [9.17, 15) is 9.59 Å². The van der Waals surface area contributed by atoms with Crippen molar-refractivity contribution in [3.8, 4) is 0 Å². The first-order valence-corrected chi connectivity index (χ1v) is 5.19. The summed E-state index contributed by atoms with van der Waals surface area (Å²) < 4.78 is 9.63. The van der Waals surface area contributed by atoms with Gasteiger partial charge in [-0.3, -0.25) is 0 Å². The molecule has 1 fully saturated rings. The molecule has 5 heteroatoms. The van der Waals surface area contributed by atoms with Crippen LogP contribution in [0.15, 0.2) is 30.3 Å². The lowest BCUT2D eigenvalue weighted by molar-refractivity contribution is -0.156. The van der Waals surface area contributed by atoms with Gasteiger partial charge >= 0.3 is 12.1 Å². The van der Waals surface area contributed by atoms with Gasteiger partial charge in [-0.15, -0.1) is 0 Å². The van der Waals surface area contributed by atoms with E-state index >= 15 is 0 Å². The largest absolute Gasteiger partial charge is 0.509 e. The van der Waals surface area contributed by atoms with Gasteiger partial charge in [-0.05, 0) is 12.5 Å². The lowest BCUT2D eigenvalue weighted by atomic mass is 9.93. The zero-order valence-electron chi connectivity index (χ0n) is 9.25. The average Bonchev–Trinajstić information content (AvgIpc) is 2.56. The number of hydrogen-bond acceptors (Lipinski definition) is 4. The van der Waals surface area contributed by atoms with Crippen molar-refractivity contribution in [2.75, 3.05) is 0 Å². The van der Waals surface area contributed by atoms with Crippen LogP contribution in [-0.4, -0.2) is 28.9 Å². The summed E-state index contributed by atoms with van der Waals surface area (Å²) in [6.07, 6.45) is -1.43. The van der Waals surface area contributed by atoms with Gasteiger partial charge in [0.2, 0.25) is 5.60 Å². The van der Waals surface area contributed by atoms with E-state index in [0.717, 1.165) is 5.56 Å². The molecule has 17 heavy (non-hydrogen) atoms. The second-order valence-electron chi connectivity index (χ2n) is 4.06. The molecule has 0 aromatic heterocycles. The molecule has 0 amide bonds. The molecule has 0 bridgehead atoms. The summed E-state index contributed by atoms with van der Waals surface area (Å²) in [5, 5.41) is 9.08. The Kier molecular flexibility index (Phi) is 2.75. The fraction of sp³-hybridized carbons (Fsp3) is 0.333. The fourth-order valence-electron chi connectivity index (χ4n) is 1.74. The Balaban J connectivity index is 2.20. The van der Waals surface area contributed by atoms with Crippen molar-refractivity contribution in [3.05, 3.63) is 35.9 Å². The fourth-order valence-corrected chi connectivity index (χ4v) is 1.74. The third-order valence-corrected chi connectivity index (χ3v) is 2.84. The number of ether oxygens (including phenoxy) is 2. The lowest BCUT2D eigenvalue weighted by Gasteiger charge is -2.21. The molecule has 5 nitrogen and oxygen atoms in total. The van der Waals surface area contributed by atoms with Crippen molar-refractivity contribution < 1.29 is 24.2 Å². The number of rotatable bonds is 3. The predicted molar refractivity (Wildman–Crippen MR) is 57.5 cm³/mol. The van der Waals surface area contributed by atoms with E-state index in [-0.39, 0.29) is 0 Å². The van der Waals surface area contributed by atoms with E-state index in [0.29, 0.717) is 6.42 Å². The molecule has 1 aliphatic heterocycles. The molecule has 1 aromatic carbocycles. The summed E-state index contributed by atoms with van der Waals surface area (Å²) >= 11 is 0. The van der Waals surface area contributed by atoms with Crippen LogP contribution in [0.4, 0.5) is 4.79 Å². The van der Waals surface area contributed by atoms with Gasteiger partial charge in [-0.25, -0.2) is 9.59 Å².